The Kier molecular flexibility index (Phi) is 6.97. The number of para-hydroxylation sites is 1. The monoisotopic (exact) mass is 434 g/mol. The lowest BCUT2D eigenvalue weighted by Gasteiger charge is -2.39. The standard InChI is InChI=1S/C22H25F3N4O2/c1-26-21(31)16-7-5-6-15(12-16)19-13-29(11-10-28(19)2)14-20(30)27-18-9-4-3-8-17(18)22(23,24)25/h3-9,12,19H,10-11,13-14H2,1-2H3,(H,26,31)(H,27,30)/t19-/m0/s1. The number of anilines is 1. The third kappa shape index (κ3) is 5.62. The highest BCUT2D eigenvalue weighted by molar-refractivity contribution is 5.94. The number of halogens is 3. The van der Waals surface area contributed by atoms with Gasteiger partial charge < -0.3 is 10.6 Å². The SMILES string of the molecule is CNC(=O)c1cccc([C@@H]2CN(CC(=O)Nc3ccccc3C(F)(F)F)CCN2C)c1. The van der Waals surface area contributed by atoms with Crippen molar-refractivity contribution in [3.63, 3.8) is 0 Å². The van der Waals surface area contributed by atoms with Gasteiger partial charge in [0, 0.05) is 38.3 Å². The largest absolute Gasteiger partial charge is 0.418 e. The number of benzene rings is 2. The molecule has 1 atom stereocenters. The molecule has 2 aromatic rings. The molecular weight excluding hydrogens is 409 g/mol. The van der Waals surface area contributed by atoms with Gasteiger partial charge in [0.2, 0.25) is 5.91 Å². The number of carbonyl (C=O) groups excluding carboxylic acids is 2. The lowest BCUT2D eigenvalue weighted by atomic mass is 10.00. The maximum absolute atomic E-state index is 13.2. The first-order valence-electron chi connectivity index (χ1n) is 9.89. The second kappa shape index (κ2) is 9.49. The fourth-order valence-electron chi connectivity index (χ4n) is 3.70. The quantitative estimate of drug-likeness (QED) is 0.760. The molecule has 0 unspecified atom stereocenters. The first-order valence-corrected chi connectivity index (χ1v) is 9.89. The van der Waals surface area contributed by atoms with Gasteiger partial charge in [-0.05, 0) is 36.9 Å². The first kappa shape index (κ1) is 22.8. The van der Waals surface area contributed by atoms with E-state index < -0.39 is 17.6 Å². The zero-order chi connectivity index (χ0) is 22.6. The molecule has 1 fully saturated rings. The fourth-order valence-corrected chi connectivity index (χ4v) is 3.70. The van der Waals surface area contributed by atoms with Crippen LogP contribution in [0.3, 0.4) is 0 Å². The fraction of sp³-hybridized carbons (Fsp3) is 0.364. The molecule has 0 aliphatic carbocycles. The van der Waals surface area contributed by atoms with E-state index in [4.69, 9.17) is 0 Å². The Morgan fingerprint density at radius 1 is 1.10 bits per heavy atom. The third-order valence-corrected chi connectivity index (χ3v) is 5.37. The second-order valence-electron chi connectivity index (χ2n) is 7.53. The van der Waals surface area contributed by atoms with E-state index in [-0.39, 0.29) is 24.2 Å². The topological polar surface area (TPSA) is 64.7 Å². The average Bonchev–Trinajstić information content (AvgIpc) is 2.74. The van der Waals surface area contributed by atoms with Crippen molar-refractivity contribution in [2.24, 2.45) is 0 Å². The minimum Gasteiger partial charge on any atom is -0.355 e. The number of rotatable bonds is 5. The molecule has 2 N–H and O–H groups in total. The molecule has 3 rings (SSSR count). The van der Waals surface area contributed by atoms with E-state index in [1.54, 1.807) is 13.1 Å². The van der Waals surface area contributed by atoms with E-state index in [0.717, 1.165) is 11.6 Å². The third-order valence-electron chi connectivity index (χ3n) is 5.37. The summed E-state index contributed by atoms with van der Waals surface area (Å²) in [7, 11) is 3.53. The van der Waals surface area contributed by atoms with Crippen molar-refractivity contribution in [1.82, 2.24) is 15.1 Å². The summed E-state index contributed by atoms with van der Waals surface area (Å²) in [6, 6.07) is 12.2. The molecule has 0 saturated carbocycles. The normalized spacial score (nSPS) is 17.9. The summed E-state index contributed by atoms with van der Waals surface area (Å²) in [5.41, 5.74) is 0.373. The summed E-state index contributed by atoms with van der Waals surface area (Å²) < 4.78 is 39.5. The van der Waals surface area contributed by atoms with E-state index in [0.29, 0.717) is 25.2 Å². The number of carbonyl (C=O) groups is 2. The van der Waals surface area contributed by atoms with Crippen LogP contribution in [0.5, 0.6) is 0 Å². The minimum atomic E-state index is -4.54. The van der Waals surface area contributed by atoms with Crippen LogP contribution in [-0.2, 0) is 11.0 Å². The van der Waals surface area contributed by atoms with E-state index in [1.807, 2.05) is 30.1 Å². The molecule has 9 heteroatoms. The van der Waals surface area contributed by atoms with Crippen molar-refractivity contribution in [2.75, 3.05) is 45.6 Å². The Bertz CT molecular complexity index is 948. The van der Waals surface area contributed by atoms with Crippen LogP contribution in [0, 0.1) is 0 Å². The molecule has 1 aliphatic heterocycles. The number of hydrogen-bond acceptors (Lipinski definition) is 4. The predicted octanol–water partition coefficient (Wildman–Crippen LogP) is 2.99. The van der Waals surface area contributed by atoms with Crippen LogP contribution in [0.1, 0.15) is 27.5 Å². The Morgan fingerprint density at radius 2 is 1.84 bits per heavy atom. The smallest absolute Gasteiger partial charge is 0.355 e. The van der Waals surface area contributed by atoms with Crippen LogP contribution in [0.2, 0.25) is 0 Å². The maximum atomic E-state index is 13.2. The number of alkyl halides is 3. The lowest BCUT2D eigenvalue weighted by Crippen LogP contribution is -2.49. The molecule has 2 aromatic carbocycles. The van der Waals surface area contributed by atoms with Crippen LogP contribution in [-0.4, -0.2) is 61.9 Å². The Morgan fingerprint density at radius 3 is 2.55 bits per heavy atom. The molecule has 1 saturated heterocycles. The molecule has 0 bridgehead atoms. The highest BCUT2D eigenvalue weighted by atomic mass is 19.4. The first-order chi connectivity index (χ1) is 14.7. The predicted molar refractivity (Wildman–Crippen MR) is 112 cm³/mol. The average molecular weight is 434 g/mol. The van der Waals surface area contributed by atoms with Gasteiger partial charge in [-0.1, -0.05) is 24.3 Å². The van der Waals surface area contributed by atoms with Crippen LogP contribution in [0.4, 0.5) is 18.9 Å². The van der Waals surface area contributed by atoms with Gasteiger partial charge in [-0.25, -0.2) is 0 Å². The molecule has 0 radical (unpaired) electrons. The van der Waals surface area contributed by atoms with Crippen molar-refractivity contribution < 1.29 is 22.8 Å². The van der Waals surface area contributed by atoms with Gasteiger partial charge in [0.05, 0.1) is 17.8 Å². The Hall–Kier alpha value is -2.91. The van der Waals surface area contributed by atoms with Gasteiger partial charge in [-0.15, -0.1) is 0 Å². The molecule has 31 heavy (non-hydrogen) atoms. The van der Waals surface area contributed by atoms with Crippen LogP contribution in [0.15, 0.2) is 48.5 Å². The number of nitrogens with one attached hydrogen (secondary N) is 2. The Balaban J connectivity index is 1.69. The summed E-state index contributed by atoms with van der Waals surface area (Å²) >= 11 is 0. The van der Waals surface area contributed by atoms with E-state index in [9.17, 15) is 22.8 Å². The van der Waals surface area contributed by atoms with Gasteiger partial charge in [0.25, 0.3) is 5.91 Å². The van der Waals surface area contributed by atoms with Gasteiger partial charge in [0.15, 0.2) is 0 Å². The van der Waals surface area contributed by atoms with Crippen molar-refractivity contribution in [1.29, 1.82) is 0 Å². The van der Waals surface area contributed by atoms with Crippen LogP contribution >= 0.6 is 0 Å². The molecule has 6 nitrogen and oxygen atoms in total. The molecule has 2 amide bonds. The van der Waals surface area contributed by atoms with Crippen molar-refractivity contribution in [3.05, 3.63) is 65.2 Å². The highest BCUT2D eigenvalue weighted by Crippen LogP contribution is 2.34. The van der Waals surface area contributed by atoms with E-state index >= 15 is 0 Å². The lowest BCUT2D eigenvalue weighted by molar-refractivity contribution is -0.137. The van der Waals surface area contributed by atoms with E-state index in [2.05, 4.69) is 15.5 Å². The van der Waals surface area contributed by atoms with Crippen molar-refractivity contribution in [3.8, 4) is 0 Å². The summed E-state index contributed by atoms with van der Waals surface area (Å²) in [4.78, 5) is 28.5. The zero-order valence-electron chi connectivity index (χ0n) is 17.4. The molecule has 1 heterocycles. The number of likely N-dealkylation sites (N-methyl/N-ethyl adjacent to an activating group) is 1. The molecular formula is C22H25F3N4O2. The number of nitrogens with zero attached hydrogens (tertiary/aromatic N) is 2. The van der Waals surface area contributed by atoms with Gasteiger partial charge in [0.1, 0.15) is 0 Å². The van der Waals surface area contributed by atoms with Crippen LogP contribution in [0.25, 0.3) is 0 Å². The van der Waals surface area contributed by atoms with Gasteiger partial charge in [-0.3, -0.25) is 19.4 Å². The summed E-state index contributed by atoms with van der Waals surface area (Å²) in [5, 5.41) is 4.99. The Labute approximate surface area is 179 Å². The van der Waals surface area contributed by atoms with Gasteiger partial charge in [-0.2, -0.15) is 13.2 Å². The van der Waals surface area contributed by atoms with Gasteiger partial charge >= 0.3 is 6.18 Å². The maximum Gasteiger partial charge on any atom is 0.418 e. The molecule has 1 aliphatic rings. The van der Waals surface area contributed by atoms with E-state index in [1.165, 1.54) is 18.2 Å². The molecule has 166 valence electrons. The van der Waals surface area contributed by atoms with Crippen LogP contribution < -0.4 is 10.6 Å². The number of hydrogen-bond donors (Lipinski definition) is 2. The van der Waals surface area contributed by atoms with Crippen molar-refractivity contribution >= 4 is 17.5 Å². The molecule has 0 spiro atoms. The zero-order valence-corrected chi connectivity index (χ0v) is 17.4. The minimum absolute atomic E-state index is 0.0222. The summed E-state index contributed by atoms with van der Waals surface area (Å²) in [6.45, 7) is 1.78. The second-order valence-corrected chi connectivity index (χ2v) is 7.53. The number of piperazine rings is 1. The summed E-state index contributed by atoms with van der Waals surface area (Å²) in [5.74, 6) is -0.681. The summed E-state index contributed by atoms with van der Waals surface area (Å²) in [6.07, 6.45) is -4.54. The highest BCUT2D eigenvalue weighted by Gasteiger charge is 2.34. The van der Waals surface area contributed by atoms with Crippen molar-refractivity contribution in [2.45, 2.75) is 12.2 Å². The molecule has 0 aromatic heterocycles. The number of amides is 2.